The molecule has 130 valence electrons. The molecule has 4 rings (SSSR count). The van der Waals surface area contributed by atoms with Gasteiger partial charge < -0.3 is 4.42 Å². The van der Waals surface area contributed by atoms with E-state index in [1.165, 1.54) is 6.92 Å². The van der Waals surface area contributed by atoms with Gasteiger partial charge in [-0.2, -0.15) is 5.10 Å². The predicted molar refractivity (Wildman–Crippen MR) is 101 cm³/mol. The number of ketones is 1. The minimum Gasteiger partial charge on any atom is -0.454 e. The van der Waals surface area contributed by atoms with E-state index < -0.39 is 0 Å². The monoisotopic (exact) mass is 365 g/mol. The van der Waals surface area contributed by atoms with Crippen LogP contribution in [0.15, 0.2) is 53.1 Å². The lowest BCUT2D eigenvalue weighted by atomic mass is 10.1. The van der Waals surface area contributed by atoms with Gasteiger partial charge in [0.05, 0.1) is 6.54 Å². The highest BCUT2D eigenvalue weighted by Crippen LogP contribution is 2.32. The molecule has 3 heterocycles. The number of carbonyl (C=O) groups excluding carboxylic acids is 1. The summed E-state index contributed by atoms with van der Waals surface area (Å²) >= 11 is 6.30. The Morgan fingerprint density at radius 3 is 2.77 bits per heavy atom. The van der Waals surface area contributed by atoms with Gasteiger partial charge in [0, 0.05) is 34.8 Å². The number of aromatic nitrogens is 3. The van der Waals surface area contributed by atoms with Crippen LogP contribution in [0.1, 0.15) is 28.7 Å². The zero-order valence-corrected chi connectivity index (χ0v) is 15.1. The lowest BCUT2D eigenvalue weighted by molar-refractivity contribution is 0.101. The number of aryl methyl sites for hydroxylation is 1. The van der Waals surface area contributed by atoms with Gasteiger partial charge in [-0.25, -0.2) is 0 Å². The molecule has 0 radical (unpaired) electrons. The molecule has 26 heavy (non-hydrogen) atoms. The maximum atomic E-state index is 11.6. The van der Waals surface area contributed by atoms with Crippen LogP contribution in [0.4, 0.5) is 0 Å². The zero-order valence-electron chi connectivity index (χ0n) is 14.4. The number of carbonyl (C=O) groups is 1. The lowest BCUT2D eigenvalue weighted by Crippen LogP contribution is -2.05. The second-order valence-electron chi connectivity index (χ2n) is 6.19. The fourth-order valence-corrected chi connectivity index (χ4v) is 3.19. The van der Waals surface area contributed by atoms with E-state index in [0.717, 1.165) is 27.9 Å². The number of Topliss-reactive ketones (excluding diaryl/α,β-unsaturated/α-hetero) is 1. The molecule has 5 nitrogen and oxygen atoms in total. The summed E-state index contributed by atoms with van der Waals surface area (Å²) in [7, 11) is 0. The number of pyridine rings is 1. The van der Waals surface area contributed by atoms with E-state index in [0.29, 0.717) is 23.0 Å². The van der Waals surface area contributed by atoms with Crippen LogP contribution < -0.4 is 0 Å². The molecule has 0 fully saturated rings. The number of hydrogen-bond donors (Lipinski definition) is 0. The number of fused-ring (bicyclic) bond motifs is 1. The van der Waals surface area contributed by atoms with Gasteiger partial charge >= 0.3 is 0 Å². The molecule has 4 aromatic rings. The van der Waals surface area contributed by atoms with Gasteiger partial charge in [-0.1, -0.05) is 17.7 Å². The van der Waals surface area contributed by atoms with E-state index in [4.69, 9.17) is 16.0 Å². The van der Waals surface area contributed by atoms with E-state index in [1.807, 2.05) is 43.3 Å². The Kier molecular flexibility index (Phi) is 4.09. The molecule has 0 unspecified atom stereocenters. The number of furan rings is 1. The number of benzene rings is 1. The average Bonchev–Trinajstić information content (AvgIpc) is 3.20. The van der Waals surface area contributed by atoms with Crippen LogP contribution in [0.3, 0.4) is 0 Å². The van der Waals surface area contributed by atoms with E-state index in [-0.39, 0.29) is 5.78 Å². The molecule has 0 amide bonds. The molecule has 6 heteroatoms. The van der Waals surface area contributed by atoms with E-state index in [2.05, 4.69) is 10.1 Å². The van der Waals surface area contributed by atoms with Gasteiger partial charge in [0.25, 0.3) is 0 Å². The number of rotatable bonds is 4. The number of halogens is 1. The van der Waals surface area contributed by atoms with Crippen molar-refractivity contribution in [2.75, 3.05) is 0 Å². The molecule has 0 N–H and O–H groups in total. The fraction of sp³-hybridized carbons (Fsp3) is 0.150. The molecule has 0 aliphatic rings. The van der Waals surface area contributed by atoms with Gasteiger partial charge in [0.1, 0.15) is 17.0 Å². The predicted octanol–water partition coefficient (Wildman–Crippen LogP) is 4.90. The third-order valence-corrected chi connectivity index (χ3v) is 4.46. The maximum Gasteiger partial charge on any atom is 0.179 e. The second kappa shape index (κ2) is 6.42. The van der Waals surface area contributed by atoms with Gasteiger partial charge in [-0.15, -0.1) is 0 Å². The SMILES string of the molecule is CC(=O)c1cc(C)n(Cc2cc(Cl)cc3cc(-c4ccccn4)oc23)n1. The Morgan fingerprint density at radius 2 is 2.08 bits per heavy atom. The van der Waals surface area contributed by atoms with Crippen LogP contribution in [0.2, 0.25) is 5.02 Å². The highest BCUT2D eigenvalue weighted by atomic mass is 35.5. The van der Waals surface area contributed by atoms with Crippen LogP contribution in [0.5, 0.6) is 0 Å². The fourth-order valence-electron chi connectivity index (χ4n) is 2.94. The standard InChI is InChI=1S/C20H16ClN3O2/c1-12-7-18(13(2)25)23-24(12)11-15-9-16(21)8-14-10-19(26-20(14)15)17-5-3-4-6-22-17/h3-10H,11H2,1-2H3. The Bertz CT molecular complexity index is 1110. The lowest BCUT2D eigenvalue weighted by Gasteiger charge is -2.06. The highest BCUT2D eigenvalue weighted by molar-refractivity contribution is 6.31. The third kappa shape index (κ3) is 3.02. The first kappa shape index (κ1) is 16.5. The van der Waals surface area contributed by atoms with Crippen molar-refractivity contribution >= 4 is 28.4 Å². The van der Waals surface area contributed by atoms with Crippen molar-refractivity contribution in [1.82, 2.24) is 14.8 Å². The topological polar surface area (TPSA) is 60.9 Å². The highest BCUT2D eigenvalue weighted by Gasteiger charge is 2.15. The minimum atomic E-state index is -0.0569. The summed E-state index contributed by atoms with van der Waals surface area (Å²) < 4.78 is 7.86. The smallest absolute Gasteiger partial charge is 0.179 e. The molecule has 0 aliphatic carbocycles. The van der Waals surface area contributed by atoms with Gasteiger partial charge in [0.15, 0.2) is 11.5 Å². The maximum absolute atomic E-state index is 11.6. The summed E-state index contributed by atoms with van der Waals surface area (Å²) in [4.78, 5) is 15.9. The molecule has 0 bridgehead atoms. The first-order valence-corrected chi connectivity index (χ1v) is 8.58. The third-order valence-electron chi connectivity index (χ3n) is 4.24. The Labute approximate surface area is 155 Å². The molecule has 0 aliphatic heterocycles. The minimum absolute atomic E-state index is 0.0569. The van der Waals surface area contributed by atoms with Crippen molar-refractivity contribution in [1.29, 1.82) is 0 Å². The first-order valence-electron chi connectivity index (χ1n) is 8.20. The summed E-state index contributed by atoms with van der Waals surface area (Å²) in [5, 5.41) is 5.91. The molecular formula is C20H16ClN3O2. The van der Waals surface area contributed by atoms with Crippen LogP contribution in [-0.2, 0) is 6.54 Å². The second-order valence-corrected chi connectivity index (χ2v) is 6.63. The van der Waals surface area contributed by atoms with E-state index in [9.17, 15) is 4.79 Å². The summed E-state index contributed by atoms with van der Waals surface area (Å²) in [6.45, 7) is 3.89. The van der Waals surface area contributed by atoms with E-state index in [1.54, 1.807) is 16.9 Å². The van der Waals surface area contributed by atoms with Crippen molar-refractivity contribution < 1.29 is 9.21 Å². The summed E-state index contributed by atoms with van der Waals surface area (Å²) in [5.74, 6) is 0.629. The zero-order chi connectivity index (χ0) is 18.3. The molecule has 0 saturated heterocycles. The summed E-state index contributed by atoms with van der Waals surface area (Å²) in [6.07, 6.45) is 1.73. The van der Waals surface area contributed by atoms with Crippen molar-refractivity contribution in [2.45, 2.75) is 20.4 Å². The molecule has 0 spiro atoms. The van der Waals surface area contributed by atoms with Gasteiger partial charge in [-0.3, -0.25) is 14.5 Å². The van der Waals surface area contributed by atoms with Gasteiger partial charge in [0.2, 0.25) is 0 Å². The molecule has 0 saturated carbocycles. The van der Waals surface area contributed by atoms with Crippen molar-refractivity contribution in [3.05, 3.63) is 70.6 Å². The number of hydrogen-bond acceptors (Lipinski definition) is 4. The summed E-state index contributed by atoms with van der Waals surface area (Å²) in [5.41, 5.74) is 3.76. The normalized spacial score (nSPS) is 11.2. The van der Waals surface area contributed by atoms with Gasteiger partial charge in [-0.05, 0) is 43.3 Å². The van der Waals surface area contributed by atoms with E-state index >= 15 is 0 Å². The molecule has 3 aromatic heterocycles. The van der Waals surface area contributed by atoms with Crippen LogP contribution in [0.25, 0.3) is 22.4 Å². The average molecular weight is 366 g/mol. The van der Waals surface area contributed by atoms with Crippen molar-refractivity contribution in [3.8, 4) is 11.5 Å². The first-order chi connectivity index (χ1) is 12.5. The number of nitrogens with zero attached hydrogens (tertiary/aromatic N) is 3. The quantitative estimate of drug-likeness (QED) is 0.482. The van der Waals surface area contributed by atoms with Crippen LogP contribution in [-0.4, -0.2) is 20.5 Å². The summed E-state index contributed by atoms with van der Waals surface area (Å²) in [6, 6.07) is 13.1. The molecule has 1 aromatic carbocycles. The Hall–Kier alpha value is -2.92. The molecular weight excluding hydrogens is 350 g/mol. The van der Waals surface area contributed by atoms with Crippen molar-refractivity contribution in [3.63, 3.8) is 0 Å². The van der Waals surface area contributed by atoms with Crippen LogP contribution in [0, 0.1) is 6.92 Å². The van der Waals surface area contributed by atoms with Crippen molar-refractivity contribution in [2.24, 2.45) is 0 Å². The Morgan fingerprint density at radius 1 is 1.23 bits per heavy atom. The largest absolute Gasteiger partial charge is 0.454 e. The Balaban J connectivity index is 1.80. The van der Waals surface area contributed by atoms with Crippen LogP contribution >= 0.6 is 11.6 Å². The molecule has 0 atom stereocenters.